The quantitative estimate of drug-likeness (QED) is 0.198. The normalized spacial score (nSPS) is 16.4. The maximum Gasteiger partial charge on any atom is 0.416 e. The Kier molecular flexibility index (Phi) is 10.7. The number of nitrogens with zero attached hydrogens (tertiary/aromatic N) is 2. The summed E-state index contributed by atoms with van der Waals surface area (Å²) in [6.07, 6.45) is -9.26. The molecule has 1 fully saturated rings. The van der Waals surface area contributed by atoms with Crippen LogP contribution in [0.1, 0.15) is 56.7 Å². The lowest BCUT2D eigenvalue weighted by Crippen LogP contribution is -2.53. The van der Waals surface area contributed by atoms with Crippen molar-refractivity contribution in [1.29, 1.82) is 0 Å². The van der Waals surface area contributed by atoms with E-state index in [0.717, 1.165) is 28.7 Å². The molecular formula is C32H35F7N4O. The second-order valence-electron chi connectivity index (χ2n) is 10.9. The first-order valence-corrected chi connectivity index (χ1v) is 14.3. The average Bonchev–Trinajstić information content (AvgIpc) is 2.98. The molecule has 1 aliphatic rings. The number of amides is 1. The average molecular weight is 625 g/mol. The summed E-state index contributed by atoms with van der Waals surface area (Å²) < 4.78 is 93.8. The first-order chi connectivity index (χ1) is 20.8. The Morgan fingerprint density at radius 1 is 0.864 bits per heavy atom. The van der Waals surface area contributed by atoms with E-state index in [0.29, 0.717) is 45.0 Å². The number of hydrogen-bond donors (Lipinski definition) is 2. The second kappa shape index (κ2) is 14.1. The minimum absolute atomic E-state index is 0.0236. The highest BCUT2D eigenvalue weighted by Crippen LogP contribution is 2.37. The van der Waals surface area contributed by atoms with Gasteiger partial charge in [-0.25, -0.2) is 4.39 Å². The van der Waals surface area contributed by atoms with Crippen molar-refractivity contribution in [3.63, 3.8) is 0 Å². The van der Waals surface area contributed by atoms with Gasteiger partial charge in [0.05, 0.1) is 17.2 Å². The number of benzene rings is 3. The number of nitrogens with one attached hydrogen (secondary N) is 2. The van der Waals surface area contributed by atoms with Crippen LogP contribution in [-0.2, 0) is 25.3 Å². The van der Waals surface area contributed by atoms with Gasteiger partial charge >= 0.3 is 12.4 Å². The summed E-state index contributed by atoms with van der Waals surface area (Å²) in [5.41, 5.74) is 0.358. The van der Waals surface area contributed by atoms with Crippen molar-refractivity contribution in [3.8, 4) is 0 Å². The molecule has 3 aromatic carbocycles. The van der Waals surface area contributed by atoms with Crippen LogP contribution in [0.2, 0.25) is 0 Å². The lowest BCUT2D eigenvalue weighted by molar-refractivity contribution is -0.143. The topological polar surface area (TPSA) is 47.6 Å². The zero-order valence-corrected chi connectivity index (χ0v) is 24.5. The van der Waals surface area contributed by atoms with Crippen LogP contribution in [0, 0.1) is 12.7 Å². The molecule has 0 bridgehead atoms. The largest absolute Gasteiger partial charge is 0.416 e. The Bertz CT molecular complexity index is 1390. The second-order valence-corrected chi connectivity index (χ2v) is 10.9. The number of carbonyl (C=O) groups excluding carboxylic acids is 1. The van der Waals surface area contributed by atoms with Crippen molar-refractivity contribution in [3.05, 3.63) is 105 Å². The Hall–Kier alpha value is -3.48. The molecule has 0 aliphatic carbocycles. The predicted molar refractivity (Wildman–Crippen MR) is 153 cm³/mol. The van der Waals surface area contributed by atoms with Gasteiger partial charge in [0.1, 0.15) is 5.82 Å². The third kappa shape index (κ3) is 8.58. The monoisotopic (exact) mass is 624 g/mol. The fourth-order valence-corrected chi connectivity index (χ4v) is 5.33. The molecule has 2 N–H and O–H groups in total. The number of halogens is 7. The highest BCUT2D eigenvalue weighted by Gasteiger charge is 2.39. The molecule has 1 unspecified atom stereocenters. The van der Waals surface area contributed by atoms with Crippen molar-refractivity contribution in [2.24, 2.45) is 0 Å². The summed E-state index contributed by atoms with van der Waals surface area (Å²) in [6, 6.07) is 12.8. The summed E-state index contributed by atoms with van der Waals surface area (Å²) in [5, 5.41) is 6.64. The molecule has 5 nitrogen and oxygen atoms in total. The highest BCUT2D eigenvalue weighted by atomic mass is 19.4. The molecule has 0 saturated carbocycles. The Morgan fingerprint density at radius 3 is 2.09 bits per heavy atom. The first-order valence-electron chi connectivity index (χ1n) is 14.3. The number of aryl methyl sites for hydroxylation is 2. The molecule has 1 amide bonds. The summed E-state index contributed by atoms with van der Waals surface area (Å²) >= 11 is 0. The van der Waals surface area contributed by atoms with Crippen LogP contribution in [0.4, 0.5) is 30.7 Å². The molecule has 1 atom stereocenters. The van der Waals surface area contributed by atoms with Crippen LogP contribution in [-0.4, -0.2) is 55.1 Å². The molecule has 0 aromatic heterocycles. The van der Waals surface area contributed by atoms with Crippen molar-refractivity contribution in [2.45, 2.75) is 45.2 Å². The molecule has 0 spiro atoms. The fourth-order valence-electron chi connectivity index (χ4n) is 5.33. The maximum atomic E-state index is 13.4. The van der Waals surface area contributed by atoms with Crippen molar-refractivity contribution in [1.82, 2.24) is 20.4 Å². The van der Waals surface area contributed by atoms with Gasteiger partial charge in [0, 0.05) is 51.5 Å². The van der Waals surface area contributed by atoms with E-state index in [1.54, 1.807) is 12.1 Å². The van der Waals surface area contributed by atoms with E-state index in [2.05, 4.69) is 15.5 Å². The van der Waals surface area contributed by atoms with Gasteiger partial charge in [0.15, 0.2) is 0 Å². The molecule has 1 aliphatic heterocycles. The maximum absolute atomic E-state index is 13.4. The van der Waals surface area contributed by atoms with E-state index in [4.69, 9.17) is 0 Å². The SMILES string of the molecule is CCc1ccc(C2CN(C(=O)c3cc(C(F)(F)F)cc(C(F)(F)F)c3)CCN2CNCCNCc2ccc(F)cc2)cc1C. The third-order valence-electron chi connectivity index (χ3n) is 7.78. The van der Waals surface area contributed by atoms with E-state index < -0.39 is 35.0 Å². The van der Waals surface area contributed by atoms with E-state index >= 15 is 0 Å². The van der Waals surface area contributed by atoms with Gasteiger partial charge < -0.3 is 15.5 Å². The van der Waals surface area contributed by atoms with E-state index in [9.17, 15) is 35.5 Å². The third-order valence-corrected chi connectivity index (χ3v) is 7.78. The van der Waals surface area contributed by atoms with Gasteiger partial charge in [-0.3, -0.25) is 9.69 Å². The van der Waals surface area contributed by atoms with Gasteiger partial charge in [0.25, 0.3) is 5.91 Å². The Morgan fingerprint density at radius 2 is 1.50 bits per heavy atom. The molecule has 1 saturated heterocycles. The summed E-state index contributed by atoms with van der Waals surface area (Å²) in [5.74, 6) is -1.18. The molecule has 238 valence electrons. The van der Waals surface area contributed by atoms with Gasteiger partial charge in [-0.2, -0.15) is 26.3 Å². The van der Waals surface area contributed by atoms with Crippen LogP contribution >= 0.6 is 0 Å². The van der Waals surface area contributed by atoms with Gasteiger partial charge in [-0.15, -0.1) is 0 Å². The van der Waals surface area contributed by atoms with E-state index in [1.165, 1.54) is 17.0 Å². The zero-order valence-electron chi connectivity index (χ0n) is 24.5. The Balaban J connectivity index is 1.48. The minimum Gasteiger partial charge on any atom is -0.335 e. The number of rotatable bonds is 10. The standard InChI is InChI=1S/C32H35F7N4O/c1-3-23-6-7-24(14-21(23)2)29-19-42(30(44)25-15-26(31(34,35)36)17-27(16-25)32(37,38)39)12-13-43(29)20-41-11-10-40-18-22-4-8-28(33)9-5-22/h4-9,14-17,29,40-41H,3,10-13,18-20H2,1-2H3. The number of alkyl halides is 6. The number of piperazine rings is 1. The molecule has 44 heavy (non-hydrogen) atoms. The Labute approximate surface area is 252 Å². The molecule has 12 heteroatoms. The number of carbonyl (C=O) groups is 1. The van der Waals surface area contributed by atoms with Crippen LogP contribution < -0.4 is 10.6 Å². The molecule has 3 aromatic rings. The first kappa shape index (κ1) is 33.4. The van der Waals surface area contributed by atoms with Crippen LogP contribution in [0.25, 0.3) is 0 Å². The lowest BCUT2D eigenvalue weighted by Gasteiger charge is -2.42. The predicted octanol–water partition coefficient (Wildman–Crippen LogP) is 6.57. The molecule has 4 rings (SSSR count). The van der Waals surface area contributed by atoms with Crippen molar-refractivity contribution in [2.75, 3.05) is 39.4 Å². The zero-order chi connectivity index (χ0) is 32.1. The van der Waals surface area contributed by atoms with E-state index in [-0.39, 0.29) is 31.0 Å². The van der Waals surface area contributed by atoms with Crippen molar-refractivity contribution < 1.29 is 35.5 Å². The highest BCUT2D eigenvalue weighted by molar-refractivity contribution is 5.95. The van der Waals surface area contributed by atoms with Gasteiger partial charge in [-0.05, 0) is 65.9 Å². The molecular weight excluding hydrogens is 589 g/mol. The summed E-state index contributed by atoms with van der Waals surface area (Å²) in [4.78, 5) is 16.8. The van der Waals surface area contributed by atoms with Gasteiger partial charge in [-0.1, -0.05) is 37.3 Å². The van der Waals surface area contributed by atoms with Crippen molar-refractivity contribution >= 4 is 5.91 Å². The number of hydrogen-bond acceptors (Lipinski definition) is 4. The van der Waals surface area contributed by atoms with E-state index in [1.807, 2.05) is 32.0 Å². The van der Waals surface area contributed by atoms with Gasteiger partial charge in [0.2, 0.25) is 0 Å². The van der Waals surface area contributed by atoms with Crippen LogP contribution in [0.15, 0.2) is 60.7 Å². The lowest BCUT2D eigenvalue weighted by atomic mass is 9.96. The smallest absolute Gasteiger partial charge is 0.335 e. The summed E-state index contributed by atoms with van der Waals surface area (Å²) in [7, 11) is 0. The van der Waals surface area contributed by atoms with Crippen LogP contribution in [0.3, 0.4) is 0 Å². The molecule has 0 radical (unpaired) electrons. The fraction of sp³-hybridized carbons (Fsp3) is 0.406. The summed E-state index contributed by atoms with van der Waals surface area (Å²) in [6.45, 7) is 6.83. The molecule has 1 heterocycles. The minimum atomic E-state index is -5.05. The van der Waals surface area contributed by atoms with Crippen LogP contribution in [0.5, 0.6) is 0 Å².